The molecule has 1 amide bonds. The van der Waals surface area contributed by atoms with E-state index in [0.717, 1.165) is 22.0 Å². The Morgan fingerprint density at radius 2 is 1.89 bits per heavy atom. The van der Waals surface area contributed by atoms with Crippen molar-refractivity contribution in [1.82, 2.24) is 19.7 Å². The summed E-state index contributed by atoms with van der Waals surface area (Å²) in [6.45, 7) is 0. The third-order valence-corrected chi connectivity index (χ3v) is 4.77. The summed E-state index contributed by atoms with van der Waals surface area (Å²) in [6, 6.07) is 14.9. The number of rotatable bonds is 5. The number of thiazole rings is 1. The van der Waals surface area contributed by atoms with Gasteiger partial charge >= 0.3 is 0 Å². The standard InChI is InChI=1S/C19H15N5O2S/c1-26-16-8-2-13(3-9-16)19-23-17(10-27-19)18(25)22-14-4-6-15(7-5-14)24-12-20-11-21-24/h2-12H,1H3,(H,22,25). The molecule has 2 heterocycles. The summed E-state index contributed by atoms with van der Waals surface area (Å²) < 4.78 is 6.80. The quantitative estimate of drug-likeness (QED) is 0.574. The Balaban J connectivity index is 1.46. The van der Waals surface area contributed by atoms with Gasteiger partial charge in [0.15, 0.2) is 0 Å². The maximum Gasteiger partial charge on any atom is 0.275 e. The minimum Gasteiger partial charge on any atom is -0.497 e. The van der Waals surface area contributed by atoms with Crippen LogP contribution in [0.5, 0.6) is 5.75 Å². The number of anilines is 1. The molecule has 1 N–H and O–H groups in total. The van der Waals surface area contributed by atoms with Gasteiger partial charge < -0.3 is 10.1 Å². The second-order valence-corrected chi connectivity index (χ2v) is 6.47. The summed E-state index contributed by atoms with van der Waals surface area (Å²) in [5.74, 6) is 0.530. The largest absolute Gasteiger partial charge is 0.497 e. The molecule has 4 aromatic rings. The fourth-order valence-electron chi connectivity index (χ4n) is 2.48. The molecule has 0 aliphatic rings. The van der Waals surface area contributed by atoms with Gasteiger partial charge in [-0.2, -0.15) is 5.10 Å². The van der Waals surface area contributed by atoms with Crippen molar-refractivity contribution in [3.05, 3.63) is 72.3 Å². The third kappa shape index (κ3) is 3.70. The highest BCUT2D eigenvalue weighted by Gasteiger charge is 2.12. The van der Waals surface area contributed by atoms with E-state index in [0.29, 0.717) is 11.4 Å². The highest BCUT2D eigenvalue weighted by Crippen LogP contribution is 2.26. The number of amides is 1. The maximum absolute atomic E-state index is 12.5. The van der Waals surface area contributed by atoms with E-state index in [2.05, 4.69) is 20.4 Å². The zero-order valence-electron chi connectivity index (χ0n) is 14.4. The number of nitrogens with zero attached hydrogens (tertiary/aromatic N) is 4. The van der Waals surface area contributed by atoms with Gasteiger partial charge in [0.2, 0.25) is 0 Å². The van der Waals surface area contributed by atoms with Crippen molar-refractivity contribution in [2.45, 2.75) is 0 Å². The van der Waals surface area contributed by atoms with Crippen molar-refractivity contribution in [2.24, 2.45) is 0 Å². The van der Waals surface area contributed by atoms with Crippen LogP contribution in [-0.2, 0) is 0 Å². The molecule has 0 atom stereocenters. The third-order valence-electron chi connectivity index (χ3n) is 3.88. The van der Waals surface area contributed by atoms with E-state index in [1.165, 1.54) is 17.7 Å². The first-order chi connectivity index (χ1) is 13.2. The Kier molecular flexibility index (Phi) is 4.63. The van der Waals surface area contributed by atoms with E-state index < -0.39 is 0 Å². The minimum atomic E-state index is -0.250. The number of hydrogen-bond acceptors (Lipinski definition) is 6. The number of benzene rings is 2. The van der Waals surface area contributed by atoms with Crippen LogP contribution in [0.4, 0.5) is 5.69 Å². The van der Waals surface area contributed by atoms with Gasteiger partial charge in [-0.05, 0) is 48.5 Å². The molecule has 0 radical (unpaired) electrons. The monoisotopic (exact) mass is 377 g/mol. The average Bonchev–Trinajstić information content (AvgIpc) is 3.41. The van der Waals surface area contributed by atoms with Crippen molar-refractivity contribution in [2.75, 3.05) is 12.4 Å². The minimum absolute atomic E-state index is 0.250. The summed E-state index contributed by atoms with van der Waals surface area (Å²) in [5, 5.41) is 9.45. The van der Waals surface area contributed by atoms with Crippen molar-refractivity contribution >= 4 is 22.9 Å². The lowest BCUT2D eigenvalue weighted by Crippen LogP contribution is -2.12. The second-order valence-electron chi connectivity index (χ2n) is 5.61. The molecule has 2 aromatic carbocycles. The molecule has 0 aliphatic carbocycles. The van der Waals surface area contributed by atoms with Crippen molar-refractivity contribution < 1.29 is 9.53 Å². The molecule has 0 aliphatic heterocycles. The second kappa shape index (κ2) is 7.38. The summed E-state index contributed by atoms with van der Waals surface area (Å²) in [4.78, 5) is 20.8. The van der Waals surface area contributed by atoms with Gasteiger partial charge in [0.25, 0.3) is 5.91 Å². The first-order valence-corrected chi connectivity index (χ1v) is 8.97. The molecule has 7 nitrogen and oxygen atoms in total. The molecule has 0 fully saturated rings. The highest BCUT2D eigenvalue weighted by atomic mass is 32.1. The van der Waals surface area contributed by atoms with E-state index in [9.17, 15) is 4.79 Å². The van der Waals surface area contributed by atoms with Crippen LogP contribution in [0.2, 0.25) is 0 Å². The average molecular weight is 377 g/mol. The fourth-order valence-corrected chi connectivity index (χ4v) is 3.28. The van der Waals surface area contributed by atoms with Gasteiger partial charge in [0, 0.05) is 16.6 Å². The zero-order chi connectivity index (χ0) is 18.6. The SMILES string of the molecule is COc1ccc(-c2nc(C(=O)Nc3ccc(-n4cncn4)cc3)cs2)cc1. The van der Waals surface area contributed by atoms with Gasteiger partial charge in [-0.15, -0.1) is 11.3 Å². The number of ether oxygens (including phenoxy) is 1. The molecule has 134 valence electrons. The van der Waals surface area contributed by atoms with Gasteiger partial charge in [-0.25, -0.2) is 14.6 Å². The van der Waals surface area contributed by atoms with Gasteiger partial charge in [0.05, 0.1) is 12.8 Å². The topological polar surface area (TPSA) is 81.9 Å². The molecule has 0 bridgehead atoms. The Morgan fingerprint density at radius 1 is 1.11 bits per heavy atom. The van der Waals surface area contributed by atoms with Crippen LogP contribution in [0.3, 0.4) is 0 Å². The van der Waals surface area contributed by atoms with Crippen LogP contribution in [0.25, 0.3) is 16.3 Å². The molecule has 27 heavy (non-hydrogen) atoms. The van der Waals surface area contributed by atoms with E-state index >= 15 is 0 Å². The number of hydrogen-bond donors (Lipinski definition) is 1. The Bertz CT molecular complexity index is 1040. The predicted molar refractivity (Wildman–Crippen MR) is 103 cm³/mol. The number of nitrogens with one attached hydrogen (secondary N) is 1. The summed E-state index contributed by atoms with van der Waals surface area (Å²) in [7, 11) is 1.62. The van der Waals surface area contributed by atoms with Crippen molar-refractivity contribution in [1.29, 1.82) is 0 Å². The van der Waals surface area contributed by atoms with E-state index in [1.54, 1.807) is 23.5 Å². The normalized spacial score (nSPS) is 10.6. The Hall–Kier alpha value is -3.52. The first kappa shape index (κ1) is 16.9. The van der Waals surface area contributed by atoms with Crippen molar-refractivity contribution in [3.8, 4) is 22.0 Å². The van der Waals surface area contributed by atoms with Crippen LogP contribution >= 0.6 is 11.3 Å². The Morgan fingerprint density at radius 3 is 2.56 bits per heavy atom. The zero-order valence-corrected chi connectivity index (χ0v) is 15.2. The molecule has 0 saturated heterocycles. The molecule has 8 heteroatoms. The summed E-state index contributed by atoms with van der Waals surface area (Å²) in [6.07, 6.45) is 3.09. The van der Waals surface area contributed by atoms with Crippen LogP contribution in [0, 0.1) is 0 Å². The number of carbonyl (C=O) groups excluding carboxylic acids is 1. The predicted octanol–water partition coefficient (Wildman–Crippen LogP) is 3.65. The number of methoxy groups -OCH3 is 1. The molecule has 0 unspecified atom stereocenters. The molecular weight excluding hydrogens is 362 g/mol. The summed E-state index contributed by atoms with van der Waals surface area (Å²) >= 11 is 1.42. The van der Waals surface area contributed by atoms with Crippen LogP contribution in [-0.4, -0.2) is 32.8 Å². The lowest BCUT2D eigenvalue weighted by molar-refractivity contribution is 0.102. The fraction of sp³-hybridized carbons (Fsp3) is 0.0526. The van der Waals surface area contributed by atoms with Crippen LogP contribution in [0.1, 0.15) is 10.5 Å². The molecule has 4 rings (SSSR count). The maximum atomic E-state index is 12.5. The smallest absolute Gasteiger partial charge is 0.275 e. The number of aromatic nitrogens is 4. The van der Waals surface area contributed by atoms with Crippen molar-refractivity contribution in [3.63, 3.8) is 0 Å². The Labute approximate surface area is 159 Å². The lowest BCUT2D eigenvalue weighted by Gasteiger charge is -2.05. The van der Waals surface area contributed by atoms with Crippen LogP contribution in [0.15, 0.2) is 66.6 Å². The van der Waals surface area contributed by atoms with Gasteiger partial charge in [-0.1, -0.05) is 0 Å². The molecule has 2 aromatic heterocycles. The molecule has 0 saturated carbocycles. The first-order valence-electron chi connectivity index (χ1n) is 8.09. The van der Waals surface area contributed by atoms with E-state index in [4.69, 9.17) is 4.74 Å². The number of carbonyl (C=O) groups is 1. The highest BCUT2D eigenvalue weighted by molar-refractivity contribution is 7.13. The van der Waals surface area contributed by atoms with E-state index in [1.807, 2.05) is 48.5 Å². The van der Waals surface area contributed by atoms with E-state index in [-0.39, 0.29) is 5.91 Å². The molecular formula is C19H15N5O2S. The van der Waals surface area contributed by atoms with Gasteiger partial charge in [0.1, 0.15) is 29.1 Å². The van der Waals surface area contributed by atoms with Crippen LogP contribution < -0.4 is 10.1 Å². The van der Waals surface area contributed by atoms with Gasteiger partial charge in [-0.3, -0.25) is 4.79 Å². The molecule has 0 spiro atoms. The lowest BCUT2D eigenvalue weighted by atomic mass is 10.2. The summed E-state index contributed by atoms with van der Waals surface area (Å²) in [5.41, 5.74) is 2.87.